The highest BCUT2D eigenvalue weighted by Gasteiger charge is 2.29. The SMILES string of the molecule is COc1ccc(S(=O)(=O)N2CCN(CC(O)c3ccc4c(c3)CCO4)CC2)cc1. The summed E-state index contributed by atoms with van der Waals surface area (Å²) in [5, 5.41) is 10.6. The van der Waals surface area contributed by atoms with Gasteiger partial charge in [-0.1, -0.05) is 6.07 Å². The molecule has 156 valence electrons. The van der Waals surface area contributed by atoms with Crippen LogP contribution in [-0.4, -0.2) is 69.2 Å². The van der Waals surface area contributed by atoms with Crippen LogP contribution >= 0.6 is 0 Å². The van der Waals surface area contributed by atoms with Crippen LogP contribution in [-0.2, 0) is 16.4 Å². The second kappa shape index (κ2) is 8.31. The first-order valence-corrected chi connectivity index (χ1v) is 11.2. The van der Waals surface area contributed by atoms with Gasteiger partial charge in [-0.15, -0.1) is 0 Å². The van der Waals surface area contributed by atoms with Crippen LogP contribution in [0.4, 0.5) is 0 Å². The van der Waals surface area contributed by atoms with Gasteiger partial charge in [0.2, 0.25) is 10.0 Å². The van der Waals surface area contributed by atoms with E-state index in [4.69, 9.17) is 9.47 Å². The van der Waals surface area contributed by atoms with E-state index in [0.717, 1.165) is 23.3 Å². The van der Waals surface area contributed by atoms with Crippen LogP contribution in [0.3, 0.4) is 0 Å². The molecule has 8 heteroatoms. The highest BCUT2D eigenvalue weighted by Crippen LogP contribution is 2.29. The van der Waals surface area contributed by atoms with Crippen LogP contribution < -0.4 is 9.47 Å². The summed E-state index contributed by atoms with van der Waals surface area (Å²) in [4.78, 5) is 2.38. The lowest BCUT2D eigenvalue weighted by atomic mass is 10.0. The number of fused-ring (bicyclic) bond motifs is 1. The zero-order valence-corrected chi connectivity index (χ0v) is 17.3. The smallest absolute Gasteiger partial charge is 0.243 e. The molecule has 2 aromatic carbocycles. The third-order valence-corrected chi connectivity index (χ3v) is 7.47. The van der Waals surface area contributed by atoms with E-state index in [1.807, 2.05) is 18.2 Å². The maximum atomic E-state index is 12.9. The van der Waals surface area contributed by atoms with Crippen molar-refractivity contribution in [2.45, 2.75) is 17.4 Å². The van der Waals surface area contributed by atoms with Crippen LogP contribution in [0.1, 0.15) is 17.2 Å². The van der Waals surface area contributed by atoms with E-state index in [0.29, 0.717) is 45.1 Å². The third-order valence-electron chi connectivity index (χ3n) is 5.56. The van der Waals surface area contributed by atoms with Crippen LogP contribution in [0.5, 0.6) is 11.5 Å². The molecule has 0 radical (unpaired) electrons. The van der Waals surface area contributed by atoms with Crippen LogP contribution in [0, 0.1) is 0 Å². The van der Waals surface area contributed by atoms with Gasteiger partial charge >= 0.3 is 0 Å². The fraction of sp³-hybridized carbons (Fsp3) is 0.429. The van der Waals surface area contributed by atoms with E-state index < -0.39 is 16.1 Å². The summed E-state index contributed by atoms with van der Waals surface area (Å²) < 4.78 is 37.8. The molecule has 7 nitrogen and oxygen atoms in total. The predicted octanol–water partition coefficient (Wildman–Crippen LogP) is 1.67. The minimum absolute atomic E-state index is 0.271. The number of nitrogens with zero attached hydrogens (tertiary/aromatic N) is 2. The van der Waals surface area contributed by atoms with E-state index in [1.165, 1.54) is 4.31 Å². The highest BCUT2D eigenvalue weighted by atomic mass is 32.2. The Kier molecular flexibility index (Phi) is 5.78. The molecule has 2 aliphatic heterocycles. The van der Waals surface area contributed by atoms with Crippen molar-refractivity contribution in [3.05, 3.63) is 53.6 Å². The van der Waals surface area contributed by atoms with Gasteiger partial charge in [-0.2, -0.15) is 4.31 Å². The maximum Gasteiger partial charge on any atom is 0.243 e. The van der Waals surface area contributed by atoms with Gasteiger partial charge in [-0.25, -0.2) is 8.42 Å². The Morgan fingerprint density at radius 3 is 2.52 bits per heavy atom. The fourth-order valence-electron chi connectivity index (χ4n) is 3.81. The average molecular weight is 419 g/mol. The summed E-state index contributed by atoms with van der Waals surface area (Å²) in [5.41, 5.74) is 2.01. The topological polar surface area (TPSA) is 79.3 Å². The largest absolute Gasteiger partial charge is 0.497 e. The molecule has 29 heavy (non-hydrogen) atoms. The number of aliphatic hydroxyl groups is 1. The number of hydrogen-bond acceptors (Lipinski definition) is 6. The van der Waals surface area contributed by atoms with E-state index in [9.17, 15) is 13.5 Å². The molecule has 1 fully saturated rings. The zero-order chi connectivity index (χ0) is 20.4. The lowest BCUT2D eigenvalue weighted by Crippen LogP contribution is -2.49. The lowest BCUT2D eigenvalue weighted by Gasteiger charge is -2.35. The first-order chi connectivity index (χ1) is 14.0. The minimum Gasteiger partial charge on any atom is -0.497 e. The Bertz CT molecular complexity index is 954. The molecule has 1 N–H and O–H groups in total. The number of hydrogen-bond donors (Lipinski definition) is 1. The molecular weight excluding hydrogens is 392 g/mol. The molecule has 4 rings (SSSR count). The number of rotatable bonds is 6. The average Bonchev–Trinajstić information content (AvgIpc) is 3.22. The first-order valence-electron chi connectivity index (χ1n) is 9.77. The molecule has 0 spiro atoms. The number of sulfonamides is 1. The van der Waals surface area contributed by atoms with Gasteiger partial charge in [0.25, 0.3) is 0 Å². The molecule has 1 unspecified atom stereocenters. The summed E-state index contributed by atoms with van der Waals surface area (Å²) in [7, 11) is -1.97. The third kappa shape index (κ3) is 4.25. The summed E-state index contributed by atoms with van der Waals surface area (Å²) in [6.45, 7) is 3.15. The van der Waals surface area contributed by atoms with Crippen molar-refractivity contribution in [1.82, 2.24) is 9.21 Å². The standard InChI is InChI=1S/C21H26N2O5S/c1-27-18-3-5-19(6-4-18)29(25,26)23-11-9-22(10-12-23)15-20(24)16-2-7-21-17(14-16)8-13-28-21/h2-7,14,20,24H,8-13,15H2,1H3. The molecule has 2 heterocycles. The van der Waals surface area contributed by atoms with Crippen LogP contribution in [0.15, 0.2) is 47.4 Å². The Morgan fingerprint density at radius 2 is 1.83 bits per heavy atom. The molecule has 1 saturated heterocycles. The second-order valence-electron chi connectivity index (χ2n) is 7.36. The van der Waals surface area contributed by atoms with Gasteiger partial charge in [0, 0.05) is 39.1 Å². The van der Waals surface area contributed by atoms with Gasteiger partial charge < -0.3 is 14.6 Å². The summed E-state index contributed by atoms with van der Waals surface area (Å²) in [5.74, 6) is 1.53. The number of aliphatic hydroxyl groups excluding tert-OH is 1. The summed E-state index contributed by atoms with van der Waals surface area (Å²) in [6, 6.07) is 12.3. The Morgan fingerprint density at radius 1 is 1.10 bits per heavy atom. The molecule has 0 aliphatic carbocycles. The maximum absolute atomic E-state index is 12.9. The number of benzene rings is 2. The Hall–Kier alpha value is -2.13. The summed E-state index contributed by atoms with van der Waals surface area (Å²) in [6.07, 6.45) is 0.267. The molecule has 2 aliphatic rings. The van der Waals surface area contributed by atoms with Crippen molar-refractivity contribution >= 4 is 10.0 Å². The van der Waals surface area contributed by atoms with Crippen molar-refractivity contribution < 1.29 is 23.0 Å². The van der Waals surface area contributed by atoms with Gasteiger partial charge in [-0.3, -0.25) is 4.90 Å². The quantitative estimate of drug-likeness (QED) is 0.769. The van der Waals surface area contributed by atoms with Crippen LogP contribution in [0.25, 0.3) is 0 Å². The fourth-order valence-corrected chi connectivity index (χ4v) is 5.24. The van der Waals surface area contributed by atoms with Crippen molar-refractivity contribution in [2.75, 3.05) is 46.4 Å². The van der Waals surface area contributed by atoms with E-state index in [-0.39, 0.29) is 4.90 Å². The molecule has 0 saturated carbocycles. The van der Waals surface area contributed by atoms with Crippen molar-refractivity contribution in [3.8, 4) is 11.5 Å². The molecule has 0 aromatic heterocycles. The van der Waals surface area contributed by atoms with Crippen molar-refractivity contribution in [3.63, 3.8) is 0 Å². The van der Waals surface area contributed by atoms with Crippen molar-refractivity contribution in [1.29, 1.82) is 0 Å². The van der Waals surface area contributed by atoms with E-state index in [1.54, 1.807) is 31.4 Å². The Balaban J connectivity index is 1.35. The number of piperazine rings is 1. The predicted molar refractivity (Wildman–Crippen MR) is 109 cm³/mol. The minimum atomic E-state index is -3.52. The zero-order valence-electron chi connectivity index (χ0n) is 16.5. The highest BCUT2D eigenvalue weighted by molar-refractivity contribution is 7.89. The van der Waals surface area contributed by atoms with Crippen LogP contribution in [0.2, 0.25) is 0 Å². The molecule has 0 bridgehead atoms. The monoisotopic (exact) mass is 418 g/mol. The molecule has 1 atom stereocenters. The van der Waals surface area contributed by atoms with Crippen molar-refractivity contribution in [2.24, 2.45) is 0 Å². The van der Waals surface area contributed by atoms with Gasteiger partial charge in [0.05, 0.1) is 24.7 Å². The lowest BCUT2D eigenvalue weighted by molar-refractivity contribution is 0.0921. The first kappa shape index (κ1) is 20.2. The van der Waals surface area contributed by atoms with Gasteiger partial charge in [0.1, 0.15) is 11.5 Å². The number of β-amino-alcohol motifs (C(OH)–C–C–N with tert-alkyl or cyclic N) is 1. The normalized spacial score (nSPS) is 18.8. The van der Waals surface area contributed by atoms with Gasteiger partial charge in [0.15, 0.2) is 0 Å². The van der Waals surface area contributed by atoms with Gasteiger partial charge in [-0.05, 0) is 47.5 Å². The molecule has 0 amide bonds. The second-order valence-corrected chi connectivity index (χ2v) is 9.30. The Labute approximate surface area is 171 Å². The molecular formula is C21H26N2O5S. The van der Waals surface area contributed by atoms with E-state index in [2.05, 4.69) is 4.90 Å². The molecule has 2 aromatic rings. The number of ether oxygens (including phenoxy) is 2. The summed E-state index contributed by atoms with van der Waals surface area (Å²) >= 11 is 0. The van der Waals surface area contributed by atoms with E-state index >= 15 is 0 Å². The number of methoxy groups -OCH3 is 1.